The van der Waals surface area contributed by atoms with Crippen LogP contribution in [0.5, 0.6) is 0 Å². The summed E-state index contributed by atoms with van der Waals surface area (Å²) in [5.74, 6) is 1.84. The molecule has 100 valence electrons. The van der Waals surface area contributed by atoms with E-state index in [-0.39, 0.29) is 30.4 Å². The summed E-state index contributed by atoms with van der Waals surface area (Å²) in [6.07, 6.45) is 0. The Morgan fingerprint density at radius 3 is 2.83 bits per heavy atom. The average molecular weight is 287 g/mol. The lowest BCUT2D eigenvalue weighted by atomic mass is 10.0. The average Bonchev–Trinajstić information content (AvgIpc) is 2.82. The summed E-state index contributed by atoms with van der Waals surface area (Å²) in [5, 5.41) is 6.24. The third-order valence-corrected chi connectivity index (χ3v) is 3.99. The van der Waals surface area contributed by atoms with Gasteiger partial charge >= 0.3 is 0 Å². The molecule has 1 amide bonds. The first-order valence-corrected chi connectivity index (χ1v) is 7.01. The molecule has 3 nitrogen and oxygen atoms in total. The zero-order chi connectivity index (χ0) is 12.3. The van der Waals surface area contributed by atoms with Crippen LogP contribution in [0, 0.1) is 6.92 Å². The zero-order valence-corrected chi connectivity index (χ0v) is 12.2. The summed E-state index contributed by atoms with van der Waals surface area (Å²) in [5.41, 5.74) is 2.40. The number of halogens is 1. The molecule has 1 aromatic carbocycles. The molecule has 2 unspecified atom stereocenters. The molecule has 1 aliphatic rings. The van der Waals surface area contributed by atoms with Crippen molar-refractivity contribution in [3.05, 3.63) is 35.4 Å². The quantitative estimate of drug-likeness (QED) is 0.895. The molecule has 0 aromatic heterocycles. The molecule has 1 aromatic rings. The van der Waals surface area contributed by atoms with Crippen molar-refractivity contribution in [3.8, 4) is 0 Å². The van der Waals surface area contributed by atoms with Crippen LogP contribution in [0.15, 0.2) is 24.3 Å². The Labute approximate surface area is 119 Å². The third-order valence-electron chi connectivity index (χ3n) is 3.05. The van der Waals surface area contributed by atoms with Crippen LogP contribution in [0.3, 0.4) is 0 Å². The lowest BCUT2D eigenvalue weighted by molar-refractivity contribution is -0.123. The molecule has 5 heteroatoms. The maximum atomic E-state index is 12.0. The van der Waals surface area contributed by atoms with Crippen molar-refractivity contribution in [1.29, 1.82) is 0 Å². The van der Waals surface area contributed by atoms with Gasteiger partial charge in [0.15, 0.2) is 0 Å². The summed E-state index contributed by atoms with van der Waals surface area (Å²) >= 11 is 1.76. The summed E-state index contributed by atoms with van der Waals surface area (Å²) in [6, 6.07) is 8.19. The van der Waals surface area contributed by atoms with Crippen molar-refractivity contribution < 1.29 is 4.79 Å². The van der Waals surface area contributed by atoms with E-state index in [0.29, 0.717) is 0 Å². The van der Waals surface area contributed by atoms with Gasteiger partial charge in [0.05, 0.1) is 12.1 Å². The smallest absolute Gasteiger partial charge is 0.238 e. The summed E-state index contributed by atoms with van der Waals surface area (Å²) in [6.45, 7) is 4.10. The number of benzene rings is 1. The van der Waals surface area contributed by atoms with E-state index in [2.05, 4.69) is 29.7 Å². The van der Waals surface area contributed by atoms with Gasteiger partial charge in [-0.3, -0.25) is 10.1 Å². The van der Waals surface area contributed by atoms with Crippen LogP contribution in [0.2, 0.25) is 0 Å². The standard InChI is InChI=1S/C13H18N2OS.ClH/c1-9-5-3-4-6-11(9)10(2)15-13(16)12-7-17-8-14-12;/h3-6,10,12,14H,7-8H2,1-2H3,(H,15,16);1H. The molecule has 0 spiro atoms. The van der Waals surface area contributed by atoms with Gasteiger partial charge in [-0.05, 0) is 25.0 Å². The van der Waals surface area contributed by atoms with Crippen molar-refractivity contribution in [1.82, 2.24) is 10.6 Å². The van der Waals surface area contributed by atoms with Gasteiger partial charge in [0.25, 0.3) is 0 Å². The highest BCUT2D eigenvalue weighted by molar-refractivity contribution is 7.99. The molecule has 0 saturated carbocycles. The Morgan fingerprint density at radius 1 is 1.50 bits per heavy atom. The fourth-order valence-electron chi connectivity index (χ4n) is 2.03. The van der Waals surface area contributed by atoms with Gasteiger partial charge in [0.2, 0.25) is 5.91 Å². The van der Waals surface area contributed by atoms with Gasteiger partial charge in [-0.25, -0.2) is 0 Å². The number of aryl methyl sites for hydroxylation is 1. The van der Waals surface area contributed by atoms with Gasteiger partial charge in [-0.15, -0.1) is 24.2 Å². The molecule has 1 heterocycles. The Hall–Kier alpha value is -0.710. The summed E-state index contributed by atoms with van der Waals surface area (Å²) in [4.78, 5) is 12.0. The molecule has 2 atom stereocenters. The molecule has 18 heavy (non-hydrogen) atoms. The van der Waals surface area contributed by atoms with Gasteiger partial charge in [0.1, 0.15) is 0 Å². The van der Waals surface area contributed by atoms with E-state index in [4.69, 9.17) is 0 Å². The van der Waals surface area contributed by atoms with E-state index in [0.717, 1.165) is 11.6 Å². The van der Waals surface area contributed by atoms with E-state index in [1.165, 1.54) is 11.1 Å². The summed E-state index contributed by atoms with van der Waals surface area (Å²) in [7, 11) is 0. The van der Waals surface area contributed by atoms with E-state index in [1.807, 2.05) is 19.1 Å². The molecule has 1 saturated heterocycles. The van der Waals surface area contributed by atoms with Gasteiger partial charge < -0.3 is 5.32 Å². The minimum Gasteiger partial charge on any atom is -0.348 e. The van der Waals surface area contributed by atoms with Crippen LogP contribution in [0.1, 0.15) is 24.1 Å². The van der Waals surface area contributed by atoms with Gasteiger partial charge in [0, 0.05) is 11.6 Å². The van der Waals surface area contributed by atoms with Crippen LogP contribution in [-0.4, -0.2) is 23.6 Å². The predicted molar refractivity (Wildman–Crippen MR) is 79.2 cm³/mol. The fourth-order valence-corrected chi connectivity index (χ4v) is 2.97. The van der Waals surface area contributed by atoms with Crippen LogP contribution in [-0.2, 0) is 4.79 Å². The third kappa shape index (κ3) is 3.64. The molecule has 0 aliphatic carbocycles. The van der Waals surface area contributed by atoms with Crippen LogP contribution >= 0.6 is 24.2 Å². The highest BCUT2D eigenvalue weighted by atomic mass is 35.5. The lowest BCUT2D eigenvalue weighted by Gasteiger charge is -2.18. The van der Waals surface area contributed by atoms with Crippen molar-refractivity contribution in [3.63, 3.8) is 0 Å². The number of nitrogens with one attached hydrogen (secondary N) is 2. The molecule has 0 bridgehead atoms. The molecule has 1 fully saturated rings. The minimum absolute atomic E-state index is 0. The first-order valence-electron chi connectivity index (χ1n) is 5.85. The highest BCUT2D eigenvalue weighted by Gasteiger charge is 2.23. The molecule has 1 aliphatic heterocycles. The molecule has 0 radical (unpaired) electrons. The Kier molecular flexibility index (Phi) is 5.99. The van der Waals surface area contributed by atoms with E-state index < -0.39 is 0 Å². The Balaban J connectivity index is 0.00000162. The Bertz CT molecular complexity index is 408. The largest absolute Gasteiger partial charge is 0.348 e. The second-order valence-corrected chi connectivity index (χ2v) is 5.39. The first kappa shape index (κ1) is 15.3. The molecular weight excluding hydrogens is 268 g/mol. The number of carbonyl (C=O) groups is 1. The van der Waals surface area contributed by atoms with Crippen molar-refractivity contribution in [2.45, 2.75) is 25.9 Å². The zero-order valence-electron chi connectivity index (χ0n) is 10.6. The first-order chi connectivity index (χ1) is 8.18. The lowest BCUT2D eigenvalue weighted by Crippen LogP contribution is -2.43. The second-order valence-electron chi connectivity index (χ2n) is 4.36. The SMILES string of the molecule is Cc1ccccc1C(C)NC(=O)C1CSCN1.Cl. The maximum Gasteiger partial charge on any atom is 0.238 e. The van der Waals surface area contributed by atoms with Gasteiger partial charge in [-0.2, -0.15) is 0 Å². The van der Waals surface area contributed by atoms with Crippen molar-refractivity contribution >= 4 is 30.1 Å². The normalized spacial score (nSPS) is 20.0. The number of hydrogen-bond acceptors (Lipinski definition) is 3. The maximum absolute atomic E-state index is 12.0. The highest BCUT2D eigenvalue weighted by Crippen LogP contribution is 2.17. The van der Waals surface area contributed by atoms with E-state index in [1.54, 1.807) is 11.8 Å². The topological polar surface area (TPSA) is 41.1 Å². The van der Waals surface area contributed by atoms with Crippen LogP contribution < -0.4 is 10.6 Å². The van der Waals surface area contributed by atoms with Crippen molar-refractivity contribution in [2.24, 2.45) is 0 Å². The van der Waals surface area contributed by atoms with E-state index >= 15 is 0 Å². The predicted octanol–water partition coefficient (Wildman–Crippen LogP) is 2.26. The monoisotopic (exact) mass is 286 g/mol. The summed E-state index contributed by atoms with van der Waals surface area (Å²) < 4.78 is 0. The Morgan fingerprint density at radius 2 is 2.22 bits per heavy atom. The van der Waals surface area contributed by atoms with E-state index in [9.17, 15) is 4.79 Å². The number of thioether (sulfide) groups is 1. The van der Waals surface area contributed by atoms with Gasteiger partial charge in [-0.1, -0.05) is 24.3 Å². The number of carbonyl (C=O) groups excluding carboxylic acids is 1. The molecular formula is C13H19ClN2OS. The van der Waals surface area contributed by atoms with Crippen molar-refractivity contribution in [2.75, 3.05) is 11.6 Å². The number of rotatable bonds is 3. The molecule has 2 N–H and O–H groups in total. The number of hydrogen-bond donors (Lipinski definition) is 2. The fraction of sp³-hybridized carbons (Fsp3) is 0.462. The number of amides is 1. The van der Waals surface area contributed by atoms with Crippen LogP contribution in [0.25, 0.3) is 0 Å². The molecule has 2 rings (SSSR count). The second kappa shape index (κ2) is 7.02. The minimum atomic E-state index is -0.0357. The van der Waals surface area contributed by atoms with Crippen LogP contribution in [0.4, 0.5) is 0 Å².